The number of allylic oxidation sites excluding steroid dienone is 1. The fourth-order valence-corrected chi connectivity index (χ4v) is 3.76. The molecular weight excluding hydrogens is 392 g/mol. The molecule has 0 saturated carbocycles. The molecule has 156 valence electrons. The van der Waals surface area contributed by atoms with Crippen LogP contribution in [0.4, 0.5) is 5.95 Å². The lowest BCUT2D eigenvalue weighted by Crippen LogP contribution is -2.29. The summed E-state index contributed by atoms with van der Waals surface area (Å²) in [5.74, 6) is 2.23. The number of anilines is 1. The van der Waals surface area contributed by atoms with E-state index in [2.05, 4.69) is 15.4 Å². The molecule has 1 aliphatic heterocycles. The number of carbonyl (C=O) groups excluding carboxylic acids is 1. The Bertz CT molecular complexity index is 939. The van der Waals surface area contributed by atoms with Gasteiger partial charge in [-0.25, -0.2) is 9.48 Å². The van der Waals surface area contributed by atoms with Crippen LogP contribution in [-0.4, -0.2) is 46.8 Å². The number of rotatable bonds is 7. The summed E-state index contributed by atoms with van der Waals surface area (Å²) in [5.41, 5.74) is 1.97. The zero-order valence-electron chi connectivity index (χ0n) is 17.5. The maximum atomic E-state index is 12.6. The summed E-state index contributed by atoms with van der Waals surface area (Å²) in [6.07, 6.45) is 0.0111. The smallest absolute Gasteiger partial charge is 0.338 e. The molecule has 8 nitrogen and oxygen atoms in total. The predicted molar refractivity (Wildman–Crippen MR) is 112 cm³/mol. The molecule has 1 N–H and O–H groups in total. The Kier molecular flexibility index (Phi) is 6.36. The molecule has 29 heavy (non-hydrogen) atoms. The molecule has 0 spiro atoms. The zero-order valence-corrected chi connectivity index (χ0v) is 18.3. The van der Waals surface area contributed by atoms with Gasteiger partial charge in [0, 0.05) is 5.70 Å². The van der Waals surface area contributed by atoms with E-state index in [0.717, 1.165) is 11.3 Å². The minimum atomic E-state index is -0.501. The lowest BCUT2D eigenvalue weighted by molar-refractivity contribution is -0.136. The number of thioether (sulfide) groups is 1. The molecule has 1 aliphatic rings. The third kappa shape index (κ3) is 4.19. The number of fused-ring (bicyclic) bond motifs is 1. The van der Waals surface area contributed by atoms with Crippen LogP contribution in [0.15, 0.2) is 34.6 Å². The van der Waals surface area contributed by atoms with Gasteiger partial charge in [-0.3, -0.25) is 0 Å². The summed E-state index contributed by atoms with van der Waals surface area (Å²) in [4.78, 5) is 17.2. The Morgan fingerprint density at radius 2 is 2.07 bits per heavy atom. The third-order valence-electron chi connectivity index (χ3n) is 4.38. The van der Waals surface area contributed by atoms with E-state index in [1.165, 1.54) is 18.9 Å². The van der Waals surface area contributed by atoms with Crippen LogP contribution in [0.1, 0.15) is 39.3 Å². The molecular formula is C20H26N4O4S. The first kappa shape index (κ1) is 21.0. The number of hydrogen-bond donors (Lipinski definition) is 1. The van der Waals surface area contributed by atoms with Crippen molar-refractivity contribution in [2.75, 3.05) is 25.3 Å². The van der Waals surface area contributed by atoms with E-state index >= 15 is 0 Å². The molecule has 9 heteroatoms. The Hall–Kier alpha value is -2.68. The fraction of sp³-hybridized carbons (Fsp3) is 0.450. The monoisotopic (exact) mass is 418 g/mol. The topological polar surface area (TPSA) is 87.5 Å². The standard InChI is InChI=1S/C20H26N4O4S/c1-7-29-20-22-19-21-12(4)16(18(25)27-6)17(24(19)23-20)13-8-9-14(28-11(2)3)15(10-13)26-5/h8-11,17H,7H2,1-6H3,(H,21,22,23). The Morgan fingerprint density at radius 3 is 2.69 bits per heavy atom. The van der Waals surface area contributed by atoms with Crippen molar-refractivity contribution in [3.05, 3.63) is 35.0 Å². The van der Waals surface area contributed by atoms with Crippen LogP contribution >= 0.6 is 11.8 Å². The summed E-state index contributed by atoms with van der Waals surface area (Å²) in [7, 11) is 2.96. The number of hydrogen-bond acceptors (Lipinski definition) is 8. The molecule has 0 bridgehead atoms. The first-order valence-corrected chi connectivity index (χ1v) is 10.4. The number of esters is 1. The zero-order chi connectivity index (χ0) is 21.1. The Balaban J connectivity index is 2.14. The van der Waals surface area contributed by atoms with Crippen molar-refractivity contribution in [2.45, 2.75) is 45.0 Å². The van der Waals surface area contributed by atoms with Crippen LogP contribution < -0.4 is 14.8 Å². The largest absolute Gasteiger partial charge is 0.493 e. The molecule has 2 aromatic rings. The number of methoxy groups -OCH3 is 2. The van der Waals surface area contributed by atoms with Crippen LogP contribution in [0.5, 0.6) is 11.5 Å². The minimum absolute atomic E-state index is 0.0111. The van der Waals surface area contributed by atoms with Gasteiger partial charge < -0.3 is 19.5 Å². The Morgan fingerprint density at radius 1 is 1.31 bits per heavy atom. The van der Waals surface area contributed by atoms with E-state index in [-0.39, 0.29) is 6.10 Å². The lowest BCUT2D eigenvalue weighted by Gasteiger charge is -2.28. The number of carbonyl (C=O) groups is 1. The molecule has 0 fully saturated rings. The van der Waals surface area contributed by atoms with Gasteiger partial charge in [-0.05, 0) is 44.2 Å². The summed E-state index contributed by atoms with van der Waals surface area (Å²) >= 11 is 1.54. The summed E-state index contributed by atoms with van der Waals surface area (Å²) < 4.78 is 18.1. The van der Waals surface area contributed by atoms with Gasteiger partial charge in [-0.15, -0.1) is 5.10 Å². The molecule has 1 aromatic heterocycles. The van der Waals surface area contributed by atoms with Crippen LogP contribution in [-0.2, 0) is 9.53 Å². The molecule has 2 heterocycles. The van der Waals surface area contributed by atoms with Gasteiger partial charge in [0.25, 0.3) is 0 Å². The van der Waals surface area contributed by atoms with E-state index in [1.54, 1.807) is 11.8 Å². The van der Waals surface area contributed by atoms with E-state index < -0.39 is 12.0 Å². The minimum Gasteiger partial charge on any atom is -0.493 e. The van der Waals surface area contributed by atoms with Gasteiger partial charge in [-0.2, -0.15) is 4.98 Å². The average molecular weight is 419 g/mol. The second-order valence-electron chi connectivity index (χ2n) is 6.73. The van der Waals surface area contributed by atoms with Crippen LogP contribution in [0.25, 0.3) is 0 Å². The second-order valence-corrected chi connectivity index (χ2v) is 7.96. The van der Waals surface area contributed by atoms with Gasteiger partial charge in [0.1, 0.15) is 6.04 Å². The van der Waals surface area contributed by atoms with Gasteiger partial charge in [0.2, 0.25) is 11.1 Å². The number of ether oxygens (including phenoxy) is 3. The molecule has 0 saturated heterocycles. The Labute approximate surface area is 174 Å². The van der Waals surface area contributed by atoms with Gasteiger partial charge in [0.05, 0.1) is 25.9 Å². The average Bonchev–Trinajstić information content (AvgIpc) is 3.08. The number of aromatic nitrogens is 3. The van der Waals surface area contributed by atoms with Gasteiger partial charge in [-0.1, -0.05) is 24.8 Å². The SMILES string of the molecule is CCSc1nc2n(n1)C(c1ccc(OC(C)C)c(OC)c1)C(C(=O)OC)=C(C)N2. The predicted octanol–water partition coefficient (Wildman–Crippen LogP) is 3.65. The van der Waals surface area contributed by atoms with Crippen LogP contribution in [0, 0.1) is 0 Å². The fourth-order valence-electron chi connectivity index (χ4n) is 3.21. The van der Waals surface area contributed by atoms with E-state index in [9.17, 15) is 4.79 Å². The highest BCUT2D eigenvalue weighted by molar-refractivity contribution is 7.99. The first-order valence-electron chi connectivity index (χ1n) is 9.39. The van der Waals surface area contributed by atoms with E-state index in [1.807, 2.05) is 45.9 Å². The lowest BCUT2D eigenvalue weighted by atomic mass is 9.95. The van der Waals surface area contributed by atoms with Crippen molar-refractivity contribution in [1.29, 1.82) is 0 Å². The van der Waals surface area contributed by atoms with Crippen molar-refractivity contribution in [3.8, 4) is 11.5 Å². The maximum absolute atomic E-state index is 12.6. The summed E-state index contributed by atoms with van der Waals surface area (Å²) in [6, 6.07) is 5.12. The number of benzene rings is 1. The highest BCUT2D eigenvalue weighted by Gasteiger charge is 2.35. The molecule has 1 unspecified atom stereocenters. The first-order chi connectivity index (χ1) is 13.9. The quantitative estimate of drug-likeness (QED) is 0.539. The van der Waals surface area contributed by atoms with Crippen molar-refractivity contribution >= 4 is 23.7 Å². The normalized spacial score (nSPS) is 15.8. The summed E-state index contributed by atoms with van der Waals surface area (Å²) in [5, 5.41) is 8.43. The molecule has 0 aliphatic carbocycles. The second kappa shape index (κ2) is 8.77. The maximum Gasteiger partial charge on any atom is 0.338 e. The van der Waals surface area contributed by atoms with Gasteiger partial charge in [0.15, 0.2) is 11.5 Å². The van der Waals surface area contributed by atoms with Crippen molar-refractivity contribution in [1.82, 2.24) is 14.8 Å². The molecule has 3 rings (SSSR count). The molecule has 0 amide bonds. The number of nitrogens with one attached hydrogen (secondary N) is 1. The molecule has 1 atom stereocenters. The highest BCUT2D eigenvalue weighted by atomic mass is 32.2. The third-order valence-corrected chi connectivity index (χ3v) is 5.10. The number of nitrogens with zero attached hydrogens (tertiary/aromatic N) is 3. The van der Waals surface area contributed by atoms with Crippen LogP contribution in [0.2, 0.25) is 0 Å². The van der Waals surface area contributed by atoms with Crippen molar-refractivity contribution in [2.24, 2.45) is 0 Å². The van der Waals surface area contributed by atoms with E-state index in [4.69, 9.17) is 14.2 Å². The van der Waals surface area contributed by atoms with Crippen LogP contribution in [0.3, 0.4) is 0 Å². The van der Waals surface area contributed by atoms with Crippen molar-refractivity contribution < 1.29 is 19.0 Å². The van der Waals surface area contributed by atoms with E-state index in [0.29, 0.717) is 33.9 Å². The highest BCUT2D eigenvalue weighted by Crippen LogP contribution is 2.39. The van der Waals surface area contributed by atoms with Crippen molar-refractivity contribution in [3.63, 3.8) is 0 Å². The summed E-state index contributed by atoms with van der Waals surface area (Å²) in [6.45, 7) is 7.78. The molecule has 1 aromatic carbocycles. The van der Waals surface area contributed by atoms with Gasteiger partial charge >= 0.3 is 5.97 Å². The molecule has 0 radical (unpaired) electrons.